The number of unbranched alkanes of at least 4 members (excludes halogenated alkanes) is 8. The molecule has 6 heteroatoms. The van der Waals surface area contributed by atoms with Crippen LogP contribution in [0.15, 0.2) is 0 Å². The van der Waals surface area contributed by atoms with Crippen LogP contribution in [0.25, 0.3) is 0 Å². The Labute approximate surface area is 179 Å². The molecule has 0 spiro atoms. The van der Waals surface area contributed by atoms with Gasteiger partial charge in [-0.1, -0.05) is 51.9 Å². The molecule has 0 unspecified atom stereocenters. The van der Waals surface area contributed by atoms with Crippen molar-refractivity contribution in [2.75, 3.05) is 46.2 Å². The van der Waals surface area contributed by atoms with Crippen LogP contribution in [0.5, 0.6) is 0 Å². The van der Waals surface area contributed by atoms with Crippen molar-refractivity contribution >= 4 is 0 Å². The van der Waals surface area contributed by atoms with E-state index in [1.165, 1.54) is 44.9 Å². The van der Waals surface area contributed by atoms with Crippen LogP contribution in [0.2, 0.25) is 0 Å². The third-order valence-electron chi connectivity index (χ3n) is 4.55. The summed E-state index contributed by atoms with van der Waals surface area (Å²) in [4.78, 5) is 9.92. The van der Waals surface area contributed by atoms with Gasteiger partial charge < -0.3 is 18.9 Å². The molecule has 0 aliphatic carbocycles. The van der Waals surface area contributed by atoms with Gasteiger partial charge in [0, 0.05) is 32.8 Å². The van der Waals surface area contributed by atoms with E-state index >= 15 is 0 Å². The standard InChI is InChI=1S/C23H48O6/c1-5-19-28-29-22-21-24-20-17-15-13-11-9-10-12-14-16-18-23(25-6-2,26-7-3)27-8-4/h5-22H2,1-4H3. The third-order valence-corrected chi connectivity index (χ3v) is 4.55. The van der Waals surface area contributed by atoms with E-state index in [0.717, 1.165) is 32.3 Å². The summed E-state index contributed by atoms with van der Waals surface area (Å²) in [6.45, 7) is 12.4. The maximum atomic E-state index is 5.77. The van der Waals surface area contributed by atoms with Gasteiger partial charge in [-0.15, -0.1) is 0 Å². The second-order valence-electron chi connectivity index (χ2n) is 7.17. The fourth-order valence-electron chi connectivity index (χ4n) is 3.18. The Morgan fingerprint density at radius 1 is 0.483 bits per heavy atom. The molecule has 0 fully saturated rings. The molecule has 0 aliphatic heterocycles. The summed E-state index contributed by atoms with van der Waals surface area (Å²) in [6, 6.07) is 0. The average Bonchev–Trinajstić information content (AvgIpc) is 2.71. The third kappa shape index (κ3) is 18.3. The largest absolute Gasteiger partial charge is 0.379 e. The Balaban J connectivity index is 3.43. The summed E-state index contributed by atoms with van der Waals surface area (Å²) in [6.07, 6.45) is 12.9. The highest BCUT2D eigenvalue weighted by molar-refractivity contribution is 4.59. The lowest BCUT2D eigenvalue weighted by Gasteiger charge is -2.32. The minimum Gasteiger partial charge on any atom is -0.379 e. The number of rotatable bonds is 24. The van der Waals surface area contributed by atoms with Crippen LogP contribution in [-0.2, 0) is 28.7 Å². The first-order valence-corrected chi connectivity index (χ1v) is 12.0. The van der Waals surface area contributed by atoms with E-state index in [0.29, 0.717) is 39.6 Å². The molecule has 0 N–H and O–H groups in total. The van der Waals surface area contributed by atoms with Gasteiger partial charge in [-0.2, -0.15) is 0 Å². The van der Waals surface area contributed by atoms with Crippen molar-refractivity contribution in [2.24, 2.45) is 0 Å². The van der Waals surface area contributed by atoms with E-state index in [1.807, 2.05) is 20.8 Å². The first kappa shape index (κ1) is 28.8. The van der Waals surface area contributed by atoms with Gasteiger partial charge in [-0.05, 0) is 40.0 Å². The van der Waals surface area contributed by atoms with Crippen LogP contribution in [0.1, 0.15) is 98.3 Å². The Morgan fingerprint density at radius 3 is 1.48 bits per heavy atom. The Hall–Kier alpha value is -0.240. The molecular weight excluding hydrogens is 372 g/mol. The van der Waals surface area contributed by atoms with E-state index in [2.05, 4.69) is 6.92 Å². The highest BCUT2D eigenvalue weighted by Gasteiger charge is 2.31. The van der Waals surface area contributed by atoms with Crippen LogP contribution in [-0.4, -0.2) is 52.2 Å². The van der Waals surface area contributed by atoms with Gasteiger partial charge in [-0.3, -0.25) is 0 Å². The molecule has 0 amide bonds. The summed E-state index contributed by atoms with van der Waals surface area (Å²) in [5.74, 6) is -0.838. The topological polar surface area (TPSA) is 55.4 Å². The first-order valence-electron chi connectivity index (χ1n) is 12.0. The molecule has 29 heavy (non-hydrogen) atoms. The van der Waals surface area contributed by atoms with Gasteiger partial charge in [0.05, 0.1) is 13.2 Å². The maximum absolute atomic E-state index is 5.77. The zero-order valence-corrected chi connectivity index (χ0v) is 19.7. The Morgan fingerprint density at radius 2 is 0.966 bits per heavy atom. The quantitative estimate of drug-likeness (QED) is 0.0823. The van der Waals surface area contributed by atoms with Crippen molar-refractivity contribution < 1.29 is 28.7 Å². The molecule has 0 aliphatic rings. The van der Waals surface area contributed by atoms with Gasteiger partial charge >= 0.3 is 0 Å². The zero-order valence-electron chi connectivity index (χ0n) is 19.7. The smallest absolute Gasteiger partial charge is 0.282 e. The van der Waals surface area contributed by atoms with Crippen molar-refractivity contribution in [1.82, 2.24) is 0 Å². The predicted octanol–water partition coefficient (Wildman–Crippen LogP) is 6.03. The predicted molar refractivity (Wildman–Crippen MR) is 117 cm³/mol. The molecule has 0 aromatic carbocycles. The van der Waals surface area contributed by atoms with Crippen LogP contribution >= 0.6 is 0 Å². The first-order chi connectivity index (χ1) is 14.2. The second-order valence-corrected chi connectivity index (χ2v) is 7.17. The lowest BCUT2D eigenvalue weighted by molar-refractivity contribution is -0.380. The normalized spacial score (nSPS) is 12.0. The lowest BCUT2D eigenvalue weighted by Crippen LogP contribution is -2.39. The summed E-state index contributed by atoms with van der Waals surface area (Å²) < 4.78 is 22.8. The van der Waals surface area contributed by atoms with E-state index in [-0.39, 0.29) is 0 Å². The van der Waals surface area contributed by atoms with Crippen LogP contribution in [0.4, 0.5) is 0 Å². The molecule has 0 rings (SSSR count). The Bertz CT molecular complexity index is 297. The highest BCUT2D eigenvalue weighted by atomic mass is 17.2. The minimum absolute atomic E-state index is 0.515. The summed E-state index contributed by atoms with van der Waals surface area (Å²) >= 11 is 0. The van der Waals surface area contributed by atoms with Gasteiger partial charge in [-0.25, -0.2) is 9.78 Å². The molecule has 0 heterocycles. The molecule has 6 nitrogen and oxygen atoms in total. The second kappa shape index (κ2) is 22.4. The monoisotopic (exact) mass is 420 g/mol. The summed E-state index contributed by atoms with van der Waals surface area (Å²) in [5, 5.41) is 0. The fourth-order valence-corrected chi connectivity index (χ4v) is 3.18. The lowest BCUT2D eigenvalue weighted by atomic mass is 10.1. The molecule has 0 radical (unpaired) electrons. The number of hydrogen-bond donors (Lipinski definition) is 0. The van der Waals surface area contributed by atoms with E-state index in [1.54, 1.807) is 0 Å². The van der Waals surface area contributed by atoms with E-state index in [4.69, 9.17) is 28.7 Å². The fraction of sp³-hybridized carbons (Fsp3) is 1.00. The summed E-state index contributed by atoms with van der Waals surface area (Å²) in [7, 11) is 0. The van der Waals surface area contributed by atoms with Gasteiger partial charge in [0.2, 0.25) is 0 Å². The van der Waals surface area contributed by atoms with Crippen molar-refractivity contribution in [3.05, 3.63) is 0 Å². The molecule has 176 valence electrons. The highest BCUT2D eigenvalue weighted by Crippen LogP contribution is 2.24. The summed E-state index contributed by atoms with van der Waals surface area (Å²) in [5.41, 5.74) is 0. The van der Waals surface area contributed by atoms with E-state index in [9.17, 15) is 0 Å². The average molecular weight is 421 g/mol. The van der Waals surface area contributed by atoms with Crippen molar-refractivity contribution in [3.8, 4) is 0 Å². The molecule has 0 saturated heterocycles. The number of ether oxygens (including phenoxy) is 4. The van der Waals surface area contributed by atoms with Gasteiger partial charge in [0.1, 0.15) is 6.61 Å². The molecule has 0 aromatic heterocycles. The molecule has 0 saturated carbocycles. The van der Waals surface area contributed by atoms with Crippen molar-refractivity contribution in [2.45, 2.75) is 104 Å². The van der Waals surface area contributed by atoms with Crippen LogP contribution in [0, 0.1) is 0 Å². The molecule has 0 aromatic rings. The van der Waals surface area contributed by atoms with Crippen molar-refractivity contribution in [1.29, 1.82) is 0 Å². The number of hydrogen-bond acceptors (Lipinski definition) is 6. The Kier molecular flexibility index (Phi) is 22.3. The maximum Gasteiger partial charge on any atom is 0.282 e. The SMILES string of the molecule is CCCOOCCOCCCCCCCCCCCC(OCC)(OCC)OCC. The molecule has 0 bridgehead atoms. The van der Waals surface area contributed by atoms with Crippen molar-refractivity contribution in [3.63, 3.8) is 0 Å². The minimum atomic E-state index is -0.838. The van der Waals surface area contributed by atoms with Gasteiger partial charge in [0.25, 0.3) is 5.97 Å². The van der Waals surface area contributed by atoms with Gasteiger partial charge in [0.15, 0.2) is 0 Å². The van der Waals surface area contributed by atoms with E-state index < -0.39 is 5.97 Å². The molecular formula is C23H48O6. The zero-order chi connectivity index (χ0) is 21.5. The molecule has 0 atom stereocenters. The van der Waals surface area contributed by atoms with Crippen LogP contribution < -0.4 is 0 Å². The van der Waals surface area contributed by atoms with Crippen LogP contribution in [0.3, 0.4) is 0 Å².